The highest BCUT2D eigenvalue weighted by molar-refractivity contribution is 5.90. The molecule has 0 aliphatic carbocycles. The van der Waals surface area contributed by atoms with Crippen LogP contribution in [0.25, 0.3) is 0 Å². The number of hydrazone groups is 1. The Hall–Kier alpha value is -1.55. The summed E-state index contributed by atoms with van der Waals surface area (Å²) in [6.45, 7) is 2.70. The van der Waals surface area contributed by atoms with Gasteiger partial charge in [0.05, 0.1) is 31.1 Å². The lowest BCUT2D eigenvalue weighted by molar-refractivity contribution is 0.415. The van der Waals surface area contributed by atoms with E-state index < -0.39 is 0 Å². The number of benzene rings is 1. The molecule has 4 heteroatoms. The van der Waals surface area contributed by atoms with E-state index in [-0.39, 0.29) is 6.04 Å². The smallest absolute Gasteiger partial charge is 0.119 e. The molecule has 1 aliphatic rings. The van der Waals surface area contributed by atoms with E-state index >= 15 is 0 Å². The Morgan fingerprint density at radius 1 is 1.40 bits per heavy atom. The van der Waals surface area contributed by atoms with Crippen molar-refractivity contribution in [2.45, 2.75) is 13.0 Å². The van der Waals surface area contributed by atoms with Gasteiger partial charge in [0, 0.05) is 0 Å². The number of nitrogens with zero attached hydrogens (tertiary/aromatic N) is 2. The largest absolute Gasteiger partial charge is 0.497 e. The first-order valence-electron chi connectivity index (χ1n) is 4.93. The number of ether oxygens (including phenoxy) is 1. The first kappa shape index (κ1) is 9.98. The van der Waals surface area contributed by atoms with Gasteiger partial charge in [-0.2, -0.15) is 5.10 Å². The Labute approximate surface area is 89.3 Å². The van der Waals surface area contributed by atoms with Gasteiger partial charge in [-0.1, -0.05) is 0 Å². The van der Waals surface area contributed by atoms with Crippen molar-refractivity contribution < 1.29 is 4.74 Å². The first-order valence-corrected chi connectivity index (χ1v) is 4.93. The topological polar surface area (TPSA) is 50.9 Å². The van der Waals surface area contributed by atoms with Crippen LogP contribution in [0.2, 0.25) is 0 Å². The van der Waals surface area contributed by atoms with E-state index in [0.717, 1.165) is 23.7 Å². The van der Waals surface area contributed by atoms with Crippen LogP contribution in [0.4, 0.5) is 5.69 Å². The van der Waals surface area contributed by atoms with Gasteiger partial charge < -0.3 is 10.5 Å². The number of hydrogen-bond acceptors (Lipinski definition) is 4. The lowest BCUT2D eigenvalue weighted by Gasteiger charge is -2.14. The zero-order valence-electron chi connectivity index (χ0n) is 8.97. The van der Waals surface area contributed by atoms with E-state index in [2.05, 4.69) is 5.10 Å². The summed E-state index contributed by atoms with van der Waals surface area (Å²) >= 11 is 0. The fourth-order valence-electron chi connectivity index (χ4n) is 1.54. The number of hydrogen-bond donors (Lipinski definition) is 1. The first-order chi connectivity index (χ1) is 7.20. The molecule has 0 saturated heterocycles. The maximum absolute atomic E-state index is 5.86. The molecule has 4 nitrogen and oxygen atoms in total. The van der Waals surface area contributed by atoms with Crippen molar-refractivity contribution in [3.05, 3.63) is 24.3 Å². The Bertz CT molecular complexity index is 372. The Kier molecular flexibility index (Phi) is 2.60. The lowest BCUT2D eigenvalue weighted by Crippen LogP contribution is -2.31. The van der Waals surface area contributed by atoms with Crippen LogP contribution in [0.3, 0.4) is 0 Å². The van der Waals surface area contributed by atoms with Crippen molar-refractivity contribution >= 4 is 11.4 Å². The second kappa shape index (κ2) is 3.90. The maximum atomic E-state index is 5.86. The third-order valence-electron chi connectivity index (χ3n) is 2.56. The van der Waals surface area contributed by atoms with Gasteiger partial charge in [0.25, 0.3) is 0 Å². The molecule has 0 spiro atoms. The SMILES string of the molecule is COc1ccc(N2CC(N)C(C)=N2)cc1. The maximum Gasteiger partial charge on any atom is 0.119 e. The number of methoxy groups -OCH3 is 1. The minimum Gasteiger partial charge on any atom is -0.497 e. The molecule has 1 atom stereocenters. The predicted molar refractivity (Wildman–Crippen MR) is 61.4 cm³/mol. The van der Waals surface area contributed by atoms with Crippen LogP contribution < -0.4 is 15.5 Å². The van der Waals surface area contributed by atoms with E-state index in [4.69, 9.17) is 10.5 Å². The molecule has 0 fully saturated rings. The molecule has 0 amide bonds. The number of rotatable bonds is 2. The molecule has 1 unspecified atom stereocenters. The molecule has 0 bridgehead atoms. The highest BCUT2D eigenvalue weighted by Crippen LogP contribution is 2.21. The van der Waals surface area contributed by atoms with E-state index in [1.54, 1.807) is 7.11 Å². The average Bonchev–Trinajstić information content (AvgIpc) is 2.59. The molecule has 0 aromatic heterocycles. The molecule has 1 heterocycles. The highest BCUT2D eigenvalue weighted by Gasteiger charge is 2.20. The summed E-state index contributed by atoms with van der Waals surface area (Å²) in [5.41, 5.74) is 7.89. The summed E-state index contributed by atoms with van der Waals surface area (Å²) in [6.07, 6.45) is 0. The van der Waals surface area contributed by atoms with E-state index in [9.17, 15) is 0 Å². The van der Waals surface area contributed by atoms with Crippen molar-refractivity contribution in [3.63, 3.8) is 0 Å². The Morgan fingerprint density at radius 3 is 2.53 bits per heavy atom. The van der Waals surface area contributed by atoms with Gasteiger partial charge in [0.1, 0.15) is 5.75 Å². The summed E-state index contributed by atoms with van der Waals surface area (Å²) in [5.74, 6) is 0.850. The summed E-state index contributed by atoms with van der Waals surface area (Å²) < 4.78 is 5.10. The zero-order chi connectivity index (χ0) is 10.8. The molecule has 15 heavy (non-hydrogen) atoms. The summed E-state index contributed by atoms with van der Waals surface area (Å²) in [7, 11) is 1.66. The molecule has 1 aliphatic heterocycles. The zero-order valence-corrected chi connectivity index (χ0v) is 8.97. The van der Waals surface area contributed by atoms with E-state index in [0.29, 0.717) is 0 Å². The minimum atomic E-state index is 0.0482. The summed E-state index contributed by atoms with van der Waals surface area (Å²) in [6, 6.07) is 7.85. The second-order valence-corrected chi connectivity index (χ2v) is 3.63. The predicted octanol–water partition coefficient (Wildman–Crippen LogP) is 1.22. The highest BCUT2D eigenvalue weighted by atomic mass is 16.5. The summed E-state index contributed by atoms with van der Waals surface area (Å²) in [5, 5.41) is 6.30. The molecule has 1 aromatic carbocycles. The van der Waals surface area contributed by atoms with Gasteiger partial charge in [-0.15, -0.1) is 0 Å². The van der Waals surface area contributed by atoms with Crippen molar-refractivity contribution in [3.8, 4) is 5.75 Å². The van der Waals surface area contributed by atoms with Crippen LogP contribution >= 0.6 is 0 Å². The number of anilines is 1. The minimum absolute atomic E-state index is 0.0482. The third kappa shape index (κ3) is 1.94. The molecule has 1 aromatic rings. The molecular formula is C11H15N3O. The van der Waals surface area contributed by atoms with Crippen LogP contribution in [-0.4, -0.2) is 25.4 Å². The van der Waals surface area contributed by atoms with Crippen LogP contribution in [0.1, 0.15) is 6.92 Å². The number of nitrogens with two attached hydrogens (primary N) is 1. The fourth-order valence-corrected chi connectivity index (χ4v) is 1.54. The standard InChI is InChI=1S/C11H15N3O/c1-8-11(12)7-14(13-8)9-3-5-10(15-2)6-4-9/h3-6,11H,7,12H2,1-2H3. The van der Waals surface area contributed by atoms with Gasteiger partial charge in [0.2, 0.25) is 0 Å². The Balaban J connectivity index is 2.17. The fraction of sp³-hybridized carbons (Fsp3) is 0.364. The normalized spacial score (nSPS) is 20.3. The van der Waals surface area contributed by atoms with Crippen LogP contribution in [0, 0.1) is 0 Å². The van der Waals surface area contributed by atoms with E-state index in [1.165, 1.54) is 0 Å². The summed E-state index contributed by atoms with van der Waals surface area (Å²) in [4.78, 5) is 0. The van der Waals surface area contributed by atoms with Crippen molar-refractivity contribution in [2.75, 3.05) is 18.7 Å². The lowest BCUT2D eigenvalue weighted by atomic mass is 10.2. The van der Waals surface area contributed by atoms with Crippen LogP contribution in [0.5, 0.6) is 5.75 Å². The van der Waals surface area contributed by atoms with Crippen molar-refractivity contribution in [1.82, 2.24) is 0 Å². The van der Waals surface area contributed by atoms with Crippen molar-refractivity contribution in [2.24, 2.45) is 10.8 Å². The molecule has 80 valence electrons. The monoisotopic (exact) mass is 205 g/mol. The molecule has 2 rings (SSSR count). The van der Waals surface area contributed by atoms with Crippen LogP contribution in [0.15, 0.2) is 29.4 Å². The van der Waals surface area contributed by atoms with E-state index in [1.807, 2.05) is 36.2 Å². The van der Waals surface area contributed by atoms with Gasteiger partial charge in [0.15, 0.2) is 0 Å². The quantitative estimate of drug-likeness (QED) is 0.789. The van der Waals surface area contributed by atoms with Crippen molar-refractivity contribution in [1.29, 1.82) is 0 Å². The van der Waals surface area contributed by atoms with Gasteiger partial charge in [-0.25, -0.2) is 0 Å². The third-order valence-corrected chi connectivity index (χ3v) is 2.56. The van der Waals surface area contributed by atoms with Gasteiger partial charge >= 0.3 is 0 Å². The van der Waals surface area contributed by atoms with Crippen LogP contribution in [-0.2, 0) is 0 Å². The molecular weight excluding hydrogens is 190 g/mol. The Morgan fingerprint density at radius 2 is 2.07 bits per heavy atom. The van der Waals surface area contributed by atoms with Gasteiger partial charge in [-0.05, 0) is 31.2 Å². The second-order valence-electron chi connectivity index (χ2n) is 3.63. The van der Waals surface area contributed by atoms with Gasteiger partial charge in [-0.3, -0.25) is 5.01 Å². The molecule has 0 radical (unpaired) electrons. The molecule has 2 N–H and O–H groups in total. The average molecular weight is 205 g/mol. The molecule has 0 saturated carbocycles.